The van der Waals surface area contributed by atoms with Crippen LogP contribution in [-0.4, -0.2) is 50.9 Å². The number of hydrazone groups is 1. The summed E-state index contributed by atoms with van der Waals surface area (Å²) in [5, 5.41) is 17.5. The number of rotatable bonds is 6. The molecule has 0 spiro atoms. The number of fused-ring (bicyclic) bond motifs is 2. The molecule has 38 heavy (non-hydrogen) atoms. The Morgan fingerprint density at radius 3 is 2.61 bits per heavy atom. The van der Waals surface area contributed by atoms with Crippen molar-refractivity contribution >= 4 is 56.5 Å². The normalized spacial score (nSPS) is 18.2. The van der Waals surface area contributed by atoms with Crippen LogP contribution in [0.3, 0.4) is 0 Å². The molecule has 0 aromatic heterocycles. The van der Waals surface area contributed by atoms with Crippen LogP contribution in [0.25, 0.3) is 16.8 Å². The Morgan fingerprint density at radius 2 is 1.79 bits per heavy atom. The molecule has 6 rings (SSSR count). The molecule has 1 saturated heterocycles. The van der Waals surface area contributed by atoms with Crippen LogP contribution in [0.4, 0.5) is 0 Å². The van der Waals surface area contributed by atoms with Gasteiger partial charge >= 0.3 is 0 Å². The Kier molecular flexibility index (Phi) is 6.51. The zero-order valence-corrected chi connectivity index (χ0v) is 21.4. The maximum absolute atomic E-state index is 12.7. The van der Waals surface area contributed by atoms with E-state index >= 15 is 0 Å². The number of amides is 2. The van der Waals surface area contributed by atoms with Gasteiger partial charge in [0.25, 0.3) is 5.91 Å². The predicted octanol–water partition coefficient (Wildman–Crippen LogP) is 5.05. The minimum atomic E-state index is -0.493. The summed E-state index contributed by atoms with van der Waals surface area (Å²) in [6, 6.07) is 21.7. The van der Waals surface area contributed by atoms with Crippen molar-refractivity contribution in [3.63, 3.8) is 0 Å². The van der Waals surface area contributed by atoms with Gasteiger partial charge in [-0.05, 0) is 64.7 Å². The molecule has 3 aliphatic heterocycles. The number of aliphatic imine (C=N–C) groups is 1. The van der Waals surface area contributed by atoms with Crippen LogP contribution in [0.2, 0.25) is 0 Å². The number of benzene rings is 3. The molecule has 1 fully saturated rings. The monoisotopic (exact) mass is 523 g/mol. The highest BCUT2D eigenvalue weighted by Gasteiger charge is 2.36. The van der Waals surface area contributed by atoms with Crippen LogP contribution in [0.1, 0.15) is 30.4 Å². The highest BCUT2D eigenvalue weighted by atomic mass is 32.2. The van der Waals surface area contributed by atoms with E-state index in [1.807, 2.05) is 47.4 Å². The molecule has 3 aliphatic rings. The van der Waals surface area contributed by atoms with Crippen LogP contribution in [0.15, 0.2) is 82.4 Å². The number of carbonyl (C=O) groups excluding carboxylic acids is 2. The van der Waals surface area contributed by atoms with Crippen molar-refractivity contribution in [1.82, 2.24) is 9.91 Å². The minimum absolute atomic E-state index is 0.0191. The fraction of sp³-hybridized carbons (Fsp3) is 0.207. The summed E-state index contributed by atoms with van der Waals surface area (Å²) in [6.07, 6.45) is 3.83. The van der Waals surface area contributed by atoms with Crippen LogP contribution >= 0.6 is 11.8 Å². The third-order valence-electron chi connectivity index (χ3n) is 6.72. The number of hydrogen-bond acceptors (Lipinski definition) is 6. The van der Waals surface area contributed by atoms with Gasteiger partial charge in [-0.3, -0.25) is 15.0 Å². The van der Waals surface area contributed by atoms with E-state index in [-0.39, 0.29) is 23.7 Å². The summed E-state index contributed by atoms with van der Waals surface area (Å²) in [5.74, 6) is 0.184. The number of amidine groups is 2. The first-order chi connectivity index (χ1) is 18.5. The molecule has 0 aliphatic carbocycles. The maximum atomic E-state index is 12.7. The highest BCUT2D eigenvalue weighted by Crippen LogP contribution is 2.30. The fourth-order valence-electron chi connectivity index (χ4n) is 4.72. The summed E-state index contributed by atoms with van der Waals surface area (Å²) in [6.45, 7) is 1.99. The summed E-state index contributed by atoms with van der Waals surface area (Å²) in [4.78, 5) is 31.2. The van der Waals surface area contributed by atoms with Gasteiger partial charge in [-0.2, -0.15) is 15.1 Å². The third-order valence-corrected chi connectivity index (χ3v) is 7.63. The molecule has 2 amide bonds. The molecule has 190 valence electrons. The lowest BCUT2D eigenvalue weighted by Crippen LogP contribution is -2.35. The summed E-state index contributed by atoms with van der Waals surface area (Å²) >= 11 is 1.18. The standard InChI is InChI=1S/C29H25N5O3S/c30-27-24(28(36)31-29-34(27)32-25(38-29)17-26(35)33-14-3-4-15-33)16-19-10-12-22(13-11-19)37-18-21-8-5-7-20-6-1-2-9-23(20)21/h1-2,5-13,16,30H,3-4,14-15,17-18H2/b24-16-,30-27?. The van der Waals surface area contributed by atoms with E-state index in [0.717, 1.165) is 42.4 Å². The molecule has 9 heteroatoms. The number of ether oxygens (including phenoxy) is 1. The van der Waals surface area contributed by atoms with Gasteiger partial charge in [0.1, 0.15) is 17.4 Å². The predicted molar refractivity (Wildman–Crippen MR) is 150 cm³/mol. The maximum Gasteiger partial charge on any atom is 0.283 e. The molecule has 3 heterocycles. The highest BCUT2D eigenvalue weighted by molar-refractivity contribution is 8.27. The van der Waals surface area contributed by atoms with E-state index in [0.29, 0.717) is 22.6 Å². The molecule has 0 radical (unpaired) electrons. The van der Waals surface area contributed by atoms with Gasteiger partial charge in [0.15, 0.2) is 5.84 Å². The SMILES string of the molecule is N=C1/C(=C/c2ccc(OCc3cccc4ccccc34)cc2)C(=O)N=C2SC(CC(=O)N3CCCC3)=NN12. The van der Waals surface area contributed by atoms with E-state index < -0.39 is 5.91 Å². The number of thioether (sulfide) groups is 1. The van der Waals surface area contributed by atoms with E-state index in [9.17, 15) is 9.59 Å². The van der Waals surface area contributed by atoms with Crippen molar-refractivity contribution in [3.8, 4) is 5.75 Å². The molecule has 0 saturated carbocycles. The first-order valence-corrected chi connectivity index (χ1v) is 13.3. The molecular formula is C29H25N5O3S. The van der Waals surface area contributed by atoms with Gasteiger partial charge < -0.3 is 9.64 Å². The van der Waals surface area contributed by atoms with Gasteiger partial charge in [0.2, 0.25) is 11.1 Å². The Hall–Kier alpha value is -4.24. The molecule has 3 aromatic rings. The van der Waals surface area contributed by atoms with Crippen molar-refractivity contribution in [1.29, 1.82) is 5.41 Å². The largest absolute Gasteiger partial charge is 0.489 e. The third kappa shape index (κ3) is 4.84. The lowest BCUT2D eigenvalue weighted by Gasteiger charge is -2.20. The molecule has 0 bridgehead atoms. The lowest BCUT2D eigenvalue weighted by molar-refractivity contribution is -0.128. The molecular weight excluding hydrogens is 498 g/mol. The van der Waals surface area contributed by atoms with Gasteiger partial charge in [-0.1, -0.05) is 54.6 Å². The van der Waals surface area contributed by atoms with Crippen LogP contribution in [-0.2, 0) is 16.2 Å². The van der Waals surface area contributed by atoms with Gasteiger partial charge in [-0.15, -0.1) is 0 Å². The minimum Gasteiger partial charge on any atom is -0.489 e. The van der Waals surface area contributed by atoms with Crippen LogP contribution in [0.5, 0.6) is 5.75 Å². The Balaban J connectivity index is 1.13. The Bertz CT molecular complexity index is 1530. The van der Waals surface area contributed by atoms with Crippen LogP contribution < -0.4 is 4.74 Å². The first kappa shape index (κ1) is 24.1. The summed E-state index contributed by atoms with van der Waals surface area (Å²) in [5.41, 5.74) is 2.00. The topological polar surface area (TPSA) is 98.4 Å². The smallest absolute Gasteiger partial charge is 0.283 e. The van der Waals surface area contributed by atoms with E-state index in [1.54, 1.807) is 6.08 Å². The Labute approximate surface area is 224 Å². The number of likely N-dealkylation sites (tertiary alicyclic amines) is 1. The number of hydrogen-bond donors (Lipinski definition) is 1. The average Bonchev–Trinajstić information content (AvgIpc) is 3.61. The zero-order chi connectivity index (χ0) is 26.1. The number of carbonyl (C=O) groups is 2. The average molecular weight is 524 g/mol. The number of nitrogens with zero attached hydrogens (tertiary/aromatic N) is 4. The van der Waals surface area contributed by atoms with Gasteiger partial charge in [-0.25, -0.2) is 0 Å². The second kappa shape index (κ2) is 10.3. The molecule has 1 N–H and O–H groups in total. The van der Waals surface area contributed by atoms with Crippen LogP contribution in [0, 0.1) is 5.41 Å². The number of nitrogens with one attached hydrogen (secondary N) is 1. The van der Waals surface area contributed by atoms with E-state index in [2.05, 4.69) is 34.4 Å². The zero-order valence-electron chi connectivity index (χ0n) is 20.6. The van der Waals surface area contributed by atoms with E-state index in [4.69, 9.17) is 10.1 Å². The molecule has 3 aromatic carbocycles. The molecule has 8 nitrogen and oxygen atoms in total. The van der Waals surface area contributed by atoms with Crippen molar-refractivity contribution in [2.24, 2.45) is 10.1 Å². The first-order valence-electron chi connectivity index (χ1n) is 12.5. The Morgan fingerprint density at radius 1 is 1.03 bits per heavy atom. The summed E-state index contributed by atoms with van der Waals surface area (Å²) in [7, 11) is 0. The van der Waals surface area contributed by atoms with Gasteiger partial charge in [0, 0.05) is 13.1 Å². The quantitative estimate of drug-likeness (QED) is 0.456. The molecule has 0 unspecified atom stereocenters. The summed E-state index contributed by atoms with van der Waals surface area (Å²) < 4.78 is 6.01. The second-order valence-electron chi connectivity index (χ2n) is 9.27. The van der Waals surface area contributed by atoms with Crippen molar-refractivity contribution in [2.75, 3.05) is 13.1 Å². The molecule has 0 atom stereocenters. The van der Waals surface area contributed by atoms with Gasteiger partial charge in [0.05, 0.1) is 12.0 Å². The van der Waals surface area contributed by atoms with Crippen molar-refractivity contribution in [3.05, 3.63) is 83.4 Å². The van der Waals surface area contributed by atoms with E-state index in [1.165, 1.54) is 22.2 Å². The lowest BCUT2D eigenvalue weighted by atomic mass is 10.1. The van der Waals surface area contributed by atoms with Crippen molar-refractivity contribution < 1.29 is 14.3 Å². The second-order valence-corrected chi connectivity index (χ2v) is 10.3. The fourth-order valence-corrected chi connectivity index (χ4v) is 5.59. The van der Waals surface area contributed by atoms with Crippen molar-refractivity contribution in [2.45, 2.75) is 25.9 Å².